The van der Waals surface area contributed by atoms with Crippen LogP contribution < -0.4 is 10.6 Å². The Morgan fingerprint density at radius 3 is 3.07 bits per heavy atom. The highest BCUT2D eigenvalue weighted by atomic mass is 32.2. The van der Waals surface area contributed by atoms with Gasteiger partial charge < -0.3 is 10.6 Å². The molecule has 1 aromatic rings. The first kappa shape index (κ1) is 10.8. The van der Waals surface area contributed by atoms with E-state index in [1.807, 2.05) is 24.0 Å². The summed E-state index contributed by atoms with van der Waals surface area (Å²) in [7, 11) is 0. The number of hydrogen-bond acceptors (Lipinski definition) is 4. The summed E-state index contributed by atoms with van der Waals surface area (Å²) < 4.78 is 0. The molecule has 1 aliphatic rings. The van der Waals surface area contributed by atoms with Crippen LogP contribution in [0.15, 0.2) is 18.3 Å². The van der Waals surface area contributed by atoms with Crippen LogP contribution in [0.4, 0.5) is 5.69 Å². The molecule has 1 atom stereocenters. The predicted octanol–water partition coefficient (Wildman–Crippen LogP) is 1.48. The number of thioether (sulfide) groups is 1. The molecule has 3 nitrogen and oxygen atoms in total. The number of pyridine rings is 1. The monoisotopic (exact) mass is 223 g/mol. The van der Waals surface area contributed by atoms with Crippen molar-refractivity contribution in [1.29, 1.82) is 0 Å². The lowest BCUT2D eigenvalue weighted by molar-refractivity contribution is 0.698. The topological polar surface area (TPSA) is 42.1 Å². The molecule has 2 rings (SSSR count). The molecule has 15 heavy (non-hydrogen) atoms. The molecular weight excluding hydrogens is 206 g/mol. The Kier molecular flexibility index (Phi) is 3.49. The van der Waals surface area contributed by atoms with E-state index in [9.17, 15) is 0 Å². The van der Waals surface area contributed by atoms with Gasteiger partial charge in [-0.25, -0.2) is 0 Å². The summed E-state index contributed by atoms with van der Waals surface area (Å²) in [5, 5.41) is 0. The van der Waals surface area contributed by atoms with Gasteiger partial charge in [-0.1, -0.05) is 0 Å². The standard InChI is InChI=1S/C11H17N3S/c1-9-8-15-5-4-14(9)11-3-2-10(6-12)13-7-11/h2-3,7,9H,4-6,8,12H2,1H3. The van der Waals surface area contributed by atoms with Crippen molar-refractivity contribution in [2.45, 2.75) is 19.5 Å². The average Bonchev–Trinajstić information content (AvgIpc) is 2.30. The van der Waals surface area contributed by atoms with Crippen molar-refractivity contribution in [3.05, 3.63) is 24.0 Å². The largest absolute Gasteiger partial charge is 0.366 e. The SMILES string of the molecule is CC1CSCCN1c1ccc(CN)nc1. The highest BCUT2D eigenvalue weighted by Crippen LogP contribution is 2.23. The second-order valence-electron chi connectivity index (χ2n) is 3.83. The van der Waals surface area contributed by atoms with Crippen LogP contribution in [0.1, 0.15) is 12.6 Å². The van der Waals surface area contributed by atoms with E-state index in [1.165, 1.54) is 17.2 Å². The molecule has 0 saturated carbocycles. The number of aromatic nitrogens is 1. The van der Waals surface area contributed by atoms with E-state index in [1.54, 1.807) is 0 Å². The van der Waals surface area contributed by atoms with Gasteiger partial charge in [0, 0.05) is 30.6 Å². The Morgan fingerprint density at radius 2 is 2.47 bits per heavy atom. The summed E-state index contributed by atoms with van der Waals surface area (Å²) in [6.45, 7) is 3.91. The molecule has 0 aliphatic carbocycles. The predicted molar refractivity (Wildman–Crippen MR) is 66.3 cm³/mol. The molecule has 1 aromatic heterocycles. The van der Waals surface area contributed by atoms with E-state index < -0.39 is 0 Å². The smallest absolute Gasteiger partial charge is 0.0555 e. The normalized spacial score (nSPS) is 21.7. The first-order valence-electron chi connectivity index (χ1n) is 5.30. The van der Waals surface area contributed by atoms with Gasteiger partial charge in [0.2, 0.25) is 0 Å². The number of hydrogen-bond donors (Lipinski definition) is 1. The van der Waals surface area contributed by atoms with Crippen molar-refractivity contribution in [1.82, 2.24) is 4.98 Å². The summed E-state index contributed by atoms with van der Waals surface area (Å²) in [5.74, 6) is 2.42. The van der Waals surface area contributed by atoms with E-state index in [2.05, 4.69) is 22.9 Å². The molecule has 0 amide bonds. The minimum Gasteiger partial charge on any atom is -0.366 e. The minimum atomic E-state index is 0.520. The summed E-state index contributed by atoms with van der Waals surface area (Å²) in [5.41, 5.74) is 7.70. The maximum atomic E-state index is 5.53. The summed E-state index contributed by atoms with van der Waals surface area (Å²) in [6, 6.07) is 4.75. The third-order valence-electron chi connectivity index (χ3n) is 2.72. The lowest BCUT2D eigenvalue weighted by Crippen LogP contribution is -2.40. The van der Waals surface area contributed by atoms with Crippen molar-refractivity contribution >= 4 is 17.4 Å². The molecule has 1 saturated heterocycles. The molecule has 4 heteroatoms. The Balaban J connectivity index is 2.13. The number of nitrogens with zero attached hydrogens (tertiary/aromatic N) is 2. The molecular formula is C11H17N3S. The first-order chi connectivity index (χ1) is 7.31. The molecule has 2 N–H and O–H groups in total. The van der Waals surface area contributed by atoms with E-state index in [-0.39, 0.29) is 0 Å². The van der Waals surface area contributed by atoms with Gasteiger partial charge >= 0.3 is 0 Å². The Hall–Kier alpha value is -0.740. The Morgan fingerprint density at radius 1 is 1.60 bits per heavy atom. The van der Waals surface area contributed by atoms with Crippen molar-refractivity contribution in [2.75, 3.05) is 23.0 Å². The minimum absolute atomic E-state index is 0.520. The third-order valence-corrected chi connectivity index (χ3v) is 3.91. The van der Waals surface area contributed by atoms with Crippen LogP contribution >= 0.6 is 11.8 Å². The molecule has 0 aromatic carbocycles. The quantitative estimate of drug-likeness (QED) is 0.824. The van der Waals surface area contributed by atoms with Crippen molar-refractivity contribution in [2.24, 2.45) is 5.73 Å². The third kappa shape index (κ3) is 2.44. The maximum Gasteiger partial charge on any atom is 0.0555 e. The zero-order valence-electron chi connectivity index (χ0n) is 9.02. The highest BCUT2D eigenvalue weighted by Gasteiger charge is 2.18. The van der Waals surface area contributed by atoms with Crippen LogP contribution in [0.5, 0.6) is 0 Å². The molecule has 2 heterocycles. The molecule has 1 unspecified atom stereocenters. The van der Waals surface area contributed by atoms with Gasteiger partial charge in [0.05, 0.1) is 17.6 Å². The van der Waals surface area contributed by atoms with Gasteiger partial charge in [0.1, 0.15) is 0 Å². The van der Waals surface area contributed by atoms with Crippen LogP contribution in [0.25, 0.3) is 0 Å². The molecule has 0 bridgehead atoms. The van der Waals surface area contributed by atoms with Crippen molar-refractivity contribution in [3.8, 4) is 0 Å². The lowest BCUT2D eigenvalue weighted by atomic mass is 10.2. The average molecular weight is 223 g/mol. The fraction of sp³-hybridized carbons (Fsp3) is 0.545. The number of rotatable bonds is 2. The second-order valence-corrected chi connectivity index (χ2v) is 4.98. The number of nitrogens with two attached hydrogens (primary N) is 1. The van der Waals surface area contributed by atoms with Gasteiger partial charge in [0.25, 0.3) is 0 Å². The van der Waals surface area contributed by atoms with E-state index in [0.29, 0.717) is 12.6 Å². The van der Waals surface area contributed by atoms with E-state index in [0.717, 1.165) is 12.2 Å². The zero-order chi connectivity index (χ0) is 10.7. The zero-order valence-corrected chi connectivity index (χ0v) is 9.83. The molecule has 1 aliphatic heterocycles. The van der Waals surface area contributed by atoms with Gasteiger partial charge in [-0.2, -0.15) is 11.8 Å². The summed E-state index contributed by atoms with van der Waals surface area (Å²) in [4.78, 5) is 6.75. The van der Waals surface area contributed by atoms with E-state index >= 15 is 0 Å². The number of anilines is 1. The van der Waals surface area contributed by atoms with Gasteiger partial charge in [-0.05, 0) is 19.1 Å². The van der Waals surface area contributed by atoms with Crippen LogP contribution in [-0.4, -0.2) is 29.1 Å². The molecule has 0 radical (unpaired) electrons. The van der Waals surface area contributed by atoms with Gasteiger partial charge in [-0.3, -0.25) is 4.98 Å². The molecule has 1 fully saturated rings. The Labute approximate surface area is 95.1 Å². The molecule has 0 spiro atoms. The van der Waals surface area contributed by atoms with Crippen LogP contribution in [0.2, 0.25) is 0 Å². The van der Waals surface area contributed by atoms with Crippen molar-refractivity contribution in [3.63, 3.8) is 0 Å². The summed E-state index contributed by atoms with van der Waals surface area (Å²) in [6.07, 6.45) is 1.94. The fourth-order valence-corrected chi connectivity index (χ4v) is 2.83. The lowest BCUT2D eigenvalue weighted by Gasteiger charge is -2.34. The van der Waals surface area contributed by atoms with Crippen LogP contribution in [0.3, 0.4) is 0 Å². The summed E-state index contributed by atoms with van der Waals surface area (Å²) >= 11 is 2.03. The van der Waals surface area contributed by atoms with Crippen LogP contribution in [-0.2, 0) is 6.54 Å². The van der Waals surface area contributed by atoms with Gasteiger partial charge in [0.15, 0.2) is 0 Å². The van der Waals surface area contributed by atoms with E-state index in [4.69, 9.17) is 5.73 Å². The highest BCUT2D eigenvalue weighted by molar-refractivity contribution is 7.99. The van der Waals surface area contributed by atoms with Crippen LogP contribution in [0, 0.1) is 0 Å². The maximum absolute atomic E-state index is 5.53. The second kappa shape index (κ2) is 4.86. The Bertz CT molecular complexity index is 312. The first-order valence-corrected chi connectivity index (χ1v) is 6.46. The van der Waals surface area contributed by atoms with Gasteiger partial charge in [-0.15, -0.1) is 0 Å². The molecule has 82 valence electrons. The van der Waals surface area contributed by atoms with Crippen molar-refractivity contribution < 1.29 is 0 Å². The fourth-order valence-electron chi connectivity index (χ4n) is 1.82.